The molecule has 1 aromatic carbocycles. The average Bonchev–Trinajstić information content (AvgIpc) is 2.88. The Bertz CT molecular complexity index is 745. The van der Waals surface area contributed by atoms with Crippen molar-refractivity contribution < 1.29 is 22.4 Å². The van der Waals surface area contributed by atoms with E-state index >= 15 is 0 Å². The van der Waals surface area contributed by atoms with Crippen LogP contribution in [0.5, 0.6) is 0 Å². The summed E-state index contributed by atoms with van der Waals surface area (Å²) in [6, 6.07) is 5.75. The number of nitriles is 1. The molecule has 114 valence electrons. The van der Waals surface area contributed by atoms with Crippen molar-refractivity contribution >= 4 is 11.6 Å². The number of aromatic nitrogens is 2. The molecule has 22 heavy (non-hydrogen) atoms. The van der Waals surface area contributed by atoms with Gasteiger partial charge in [-0.05, 0) is 24.3 Å². The first-order valence-electron chi connectivity index (χ1n) is 5.91. The normalized spacial score (nSPS) is 11.0. The lowest BCUT2D eigenvalue weighted by molar-refractivity contribution is -0.141. The number of nitrogens with one attached hydrogen (secondary N) is 1. The Hall–Kier alpha value is -2.89. The molecule has 1 heterocycles. The van der Waals surface area contributed by atoms with Gasteiger partial charge >= 0.3 is 6.18 Å². The fourth-order valence-corrected chi connectivity index (χ4v) is 1.66. The molecule has 0 bridgehead atoms. The van der Waals surface area contributed by atoms with E-state index in [0.29, 0.717) is 0 Å². The second-order valence-corrected chi connectivity index (χ2v) is 4.19. The number of nitrogens with zero attached hydrogens (tertiary/aromatic N) is 3. The van der Waals surface area contributed by atoms with Crippen LogP contribution in [0.1, 0.15) is 12.1 Å². The van der Waals surface area contributed by atoms with Crippen LogP contribution in [0.25, 0.3) is 5.69 Å². The largest absolute Gasteiger partial charge is 0.435 e. The molecule has 0 spiro atoms. The maximum atomic E-state index is 13.9. The molecular formula is C13H8F4N4O. The Labute approximate surface area is 121 Å². The summed E-state index contributed by atoms with van der Waals surface area (Å²) in [5.74, 6) is -1.49. The molecule has 0 atom stereocenters. The average molecular weight is 312 g/mol. The number of amides is 1. The minimum absolute atomic E-state index is 0.0877. The van der Waals surface area contributed by atoms with Crippen LogP contribution in [0.2, 0.25) is 0 Å². The van der Waals surface area contributed by atoms with Crippen molar-refractivity contribution in [3.63, 3.8) is 0 Å². The van der Waals surface area contributed by atoms with Crippen LogP contribution >= 0.6 is 0 Å². The molecule has 0 saturated carbocycles. The van der Waals surface area contributed by atoms with Crippen LogP contribution in [0.4, 0.5) is 23.2 Å². The zero-order chi connectivity index (χ0) is 16.3. The fourth-order valence-electron chi connectivity index (χ4n) is 1.66. The van der Waals surface area contributed by atoms with Gasteiger partial charge in [-0.1, -0.05) is 0 Å². The predicted octanol–water partition coefficient (Wildman–Crippen LogP) is 2.88. The third kappa shape index (κ3) is 3.41. The molecule has 0 aliphatic rings. The molecule has 0 unspecified atom stereocenters. The molecule has 1 amide bonds. The van der Waals surface area contributed by atoms with Crippen molar-refractivity contribution in [1.29, 1.82) is 5.26 Å². The van der Waals surface area contributed by atoms with E-state index in [1.807, 2.05) is 0 Å². The highest BCUT2D eigenvalue weighted by Gasteiger charge is 2.33. The highest BCUT2D eigenvalue weighted by Crippen LogP contribution is 2.28. The maximum absolute atomic E-state index is 13.9. The highest BCUT2D eigenvalue weighted by molar-refractivity contribution is 5.92. The van der Waals surface area contributed by atoms with E-state index in [1.165, 1.54) is 12.1 Å². The second kappa shape index (κ2) is 5.85. The van der Waals surface area contributed by atoms with Gasteiger partial charge in [-0.2, -0.15) is 23.5 Å². The number of alkyl halides is 3. The summed E-state index contributed by atoms with van der Waals surface area (Å²) in [4.78, 5) is 11.2. The Morgan fingerprint density at radius 2 is 2.09 bits per heavy atom. The third-order valence-corrected chi connectivity index (χ3v) is 2.60. The Morgan fingerprint density at radius 1 is 1.36 bits per heavy atom. The quantitative estimate of drug-likeness (QED) is 0.886. The number of carbonyl (C=O) groups excluding carboxylic acids is 1. The van der Waals surface area contributed by atoms with Crippen LogP contribution in [0.3, 0.4) is 0 Å². The van der Waals surface area contributed by atoms with Gasteiger partial charge in [0.15, 0.2) is 11.5 Å². The van der Waals surface area contributed by atoms with Gasteiger partial charge in [0.1, 0.15) is 12.1 Å². The summed E-state index contributed by atoms with van der Waals surface area (Å²) in [6.07, 6.45) is -4.03. The number of carbonyl (C=O) groups is 1. The van der Waals surface area contributed by atoms with Gasteiger partial charge in [0.2, 0.25) is 5.91 Å². The molecule has 9 heteroatoms. The van der Waals surface area contributed by atoms with Gasteiger partial charge in [0, 0.05) is 11.9 Å². The first-order chi connectivity index (χ1) is 10.3. The lowest BCUT2D eigenvalue weighted by Crippen LogP contribution is -2.11. The second-order valence-electron chi connectivity index (χ2n) is 4.19. The number of hydrogen-bond acceptors (Lipinski definition) is 3. The lowest BCUT2D eigenvalue weighted by Gasteiger charge is -2.07. The van der Waals surface area contributed by atoms with Crippen molar-refractivity contribution in [2.24, 2.45) is 0 Å². The van der Waals surface area contributed by atoms with E-state index in [4.69, 9.17) is 5.26 Å². The van der Waals surface area contributed by atoms with Crippen LogP contribution in [-0.2, 0) is 11.0 Å². The molecule has 0 aliphatic carbocycles. The van der Waals surface area contributed by atoms with Crippen molar-refractivity contribution in [3.05, 3.63) is 42.0 Å². The molecular weight excluding hydrogens is 304 g/mol. The molecule has 2 aromatic rings. The van der Waals surface area contributed by atoms with E-state index < -0.39 is 30.0 Å². The molecule has 0 saturated heterocycles. The fraction of sp³-hybridized carbons (Fsp3) is 0.154. The summed E-state index contributed by atoms with van der Waals surface area (Å²) >= 11 is 0. The van der Waals surface area contributed by atoms with E-state index in [2.05, 4.69) is 10.4 Å². The number of hydrogen-bond donors (Lipinski definition) is 1. The molecule has 0 aliphatic heterocycles. The summed E-state index contributed by atoms with van der Waals surface area (Å²) in [5, 5.41) is 13.9. The van der Waals surface area contributed by atoms with Crippen LogP contribution in [0, 0.1) is 17.1 Å². The highest BCUT2D eigenvalue weighted by atomic mass is 19.4. The van der Waals surface area contributed by atoms with Crippen molar-refractivity contribution in [1.82, 2.24) is 9.78 Å². The molecule has 1 N–H and O–H groups in total. The van der Waals surface area contributed by atoms with Crippen molar-refractivity contribution in [3.8, 4) is 11.8 Å². The van der Waals surface area contributed by atoms with Gasteiger partial charge in [0.25, 0.3) is 0 Å². The summed E-state index contributed by atoms with van der Waals surface area (Å²) in [6.45, 7) is 0. The van der Waals surface area contributed by atoms with Crippen molar-refractivity contribution in [2.75, 3.05) is 5.32 Å². The monoisotopic (exact) mass is 312 g/mol. The lowest BCUT2D eigenvalue weighted by atomic mass is 10.2. The number of halogens is 4. The first kappa shape index (κ1) is 15.5. The smallest absolute Gasteiger partial charge is 0.325 e. The SMILES string of the molecule is N#CCC(=O)Nc1ccc(-n2ccc(C(F)(F)F)n2)c(F)c1. The van der Waals surface area contributed by atoms with Gasteiger partial charge < -0.3 is 5.32 Å². The Kier molecular flexibility index (Phi) is 4.12. The molecule has 0 fully saturated rings. The van der Waals surface area contributed by atoms with Gasteiger partial charge in [-0.3, -0.25) is 4.79 Å². The summed E-state index contributed by atoms with van der Waals surface area (Å²) in [5.41, 5.74) is -1.25. The van der Waals surface area contributed by atoms with E-state index in [9.17, 15) is 22.4 Å². The standard InChI is InChI=1S/C13H8F4N4O/c14-9-7-8(19-12(22)3-5-18)1-2-10(9)21-6-4-11(20-21)13(15,16)17/h1-2,4,6-7H,3H2,(H,19,22). The van der Waals surface area contributed by atoms with E-state index in [-0.39, 0.29) is 11.4 Å². The minimum atomic E-state index is -4.62. The third-order valence-electron chi connectivity index (χ3n) is 2.60. The molecule has 1 aromatic heterocycles. The first-order valence-corrected chi connectivity index (χ1v) is 5.91. The zero-order valence-electron chi connectivity index (χ0n) is 10.9. The van der Waals surface area contributed by atoms with E-state index in [0.717, 1.165) is 23.0 Å². The number of anilines is 1. The maximum Gasteiger partial charge on any atom is 0.435 e. The zero-order valence-corrected chi connectivity index (χ0v) is 10.9. The molecule has 5 nitrogen and oxygen atoms in total. The van der Waals surface area contributed by atoms with Crippen molar-refractivity contribution in [2.45, 2.75) is 12.6 Å². The number of benzene rings is 1. The predicted molar refractivity (Wildman–Crippen MR) is 67.4 cm³/mol. The Morgan fingerprint density at radius 3 is 2.64 bits per heavy atom. The van der Waals surface area contributed by atoms with Crippen LogP contribution in [0.15, 0.2) is 30.5 Å². The summed E-state index contributed by atoms with van der Waals surface area (Å²) in [7, 11) is 0. The van der Waals surface area contributed by atoms with Gasteiger partial charge in [-0.25, -0.2) is 9.07 Å². The minimum Gasteiger partial charge on any atom is -0.325 e. The topological polar surface area (TPSA) is 70.7 Å². The number of rotatable bonds is 3. The Balaban J connectivity index is 2.25. The molecule has 2 rings (SSSR count). The summed E-state index contributed by atoms with van der Waals surface area (Å²) < 4.78 is 52.0. The van der Waals surface area contributed by atoms with Crippen LogP contribution < -0.4 is 5.32 Å². The van der Waals surface area contributed by atoms with Gasteiger partial charge in [-0.15, -0.1) is 0 Å². The molecule has 0 radical (unpaired) electrons. The van der Waals surface area contributed by atoms with Crippen LogP contribution in [-0.4, -0.2) is 15.7 Å². The van der Waals surface area contributed by atoms with Gasteiger partial charge in [0.05, 0.1) is 6.07 Å². The van der Waals surface area contributed by atoms with E-state index in [1.54, 1.807) is 6.07 Å².